The Bertz CT molecular complexity index is 415. The van der Waals surface area contributed by atoms with E-state index in [1.165, 1.54) is 25.2 Å². The number of ketones is 1. The normalized spacial score (nSPS) is 14.1. The van der Waals surface area contributed by atoms with Gasteiger partial charge in [-0.1, -0.05) is 0 Å². The average molecular weight is 257 g/mol. The van der Waals surface area contributed by atoms with Crippen LogP contribution in [0.15, 0.2) is 11.4 Å². The van der Waals surface area contributed by atoms with Crippen molar-refractivity contribution in [3.8, 4) is 0 Å². The van der Waals surface area contributed by atoms with E-state index in [4.69, 9.17) is 0 Å². The fraction of sp³-hybridized carbons (Fsp3) is 0.455. The summed E-state index contributed by atoms with van der Waals surface area (Å²) in [6, 6.07) is 1.55. The third kappa shape index (κ3) is 3.92. The van der Waals surface area contributed by atoms with Crippen molar-refractivity contribution in [1.82, 2.24) is 5.32 Å². The number of rotatable bonds is 5. The molecule has 0 aliphatic rings. The highest BCUT2D eigenvalue weighted by Gasteiger charge is 2.20. The molecule has 6 heteroatoms. The van der Waals surface area contributed by atoms with E-state index in [2.05, 4.69) is 5.32 Å². The third-order valence-corrected chi connectivity index (χ3v) is 3.28. The summed E-state index contributed by atoms with van der Waals surface area (Å²) in [4.78, 5) is 22.3. The molecular weight excluding hydrogens is 242 g/mol. The van der Waals surface area contributed by atoms with Gasteiger partial charge < -0.3 is 15.5 Å². The van der Waals surface area contributed by atoms with Crippen molar-refractivity contribution in [1.29, 1.82) is 0 Å². The highest BCUT2D eigenvalue weighted by atomic mass is 32.1. The lowest BCUT2D eigenvalue weighted by Crippen LogP contribution is -2.34. The first kappa shape index (κ1) is 13.8. The van der Waals surface area contributed by atoms with Gasteiger partial charge in [0.25, 0.3) is 0 Å². The second kappa shape index (κ2) is 5.90. The van der Waals surface area contributed by atoms with Gasteiger partial charge in [0.15, 0.2) is 5.78 Å². The lowest BCUT2D eigenvalue weighted by atomic mass is 10.1. The predicted molar refractivity (Wildman–Crippen MR) is 64.0 cm³/mol. The Morgan fingerprint density at radius 2 is 2.06 bits per heavy atom. The monoisotopic (exact) mass is 257 g/mol. The Kier molecular flexibility index (Phi) is 4.80. The molecule has 17 heavy (non-hydrogen) atoms. The van der Waals surface area contributed by atoms with Crippen LogP contribution in [0.2, 0.25) is 0 Å². The molecule has 5 nitrogen and oxygen atoms in total. The number of nitrogens with one attached hydrogen (secondary N) is 1. The van der Waals surface area contributed by atoms with E-state index in [9.17, 15) is 19.8 Å². The van der Waals surface area contributed by atoms with E-state index in [0.29, 0.717) is 10.4 Å². The Morgan fingerprint density at radius 1 is 1.41 bits per heavy atom. The van der Waals surface area contributed by atoms with Crippen molar-refractivity contribution in [3.63, 3.8) is 0 Å². The summed E-state index contributed by atoms with van der Waals surface area (Å²) in [5, 5.41) is 23.5. The van der Waals surface area contributed by atoms with Gasteiger partial charge in [0, 0.05) is 13.5 Å². The van der Waals surface area contributed by atoms with Crippen LogP contribution >= 0.6 is 11.3 Å². The number of carbonyl (C=O) groups is 2. The van der Waals surface area contributed by atoms with Gasteiger partial charge in [0.2, 0.25) is 5.91 Å². The molecule has 0 saturated heterocycles. The van der Waals surface area contributed by atoms with Crippen LogP contribution in [0.25, 0.3) is 0 Å². The topological polar surface area (TPSA) is 86.6 Å². The molecule has 1 aromatic heterocycles. The Morgan fingerprint density at radius 3 is 2.53 bits per heavy atom. The molecule has 2 unspecified atom stereocenters. The molecule has 1 rings (SSSR count). The van der Waals surface area contributed by atoms with Crippen LogP contribution in [0, 0.1) is 0 Å². The highest BCUT2D eigenvalue weighted by molar-refractivity contribution is 7.12. The van der Waals surface area contributed by atoms with Crippen molar-refractivity contribution >= 4 is 23.0 Å². The van der Waals surface area contributed by atoms with E-state index in [-0.39, 0.29) is 18.2 Å². The van der Waals surface area contributed by atoms with Gasteiger partial charge in [-0.25, -0.2) is 0 Å². The quantitative estimate of drug-likeness (QED) is 0.670. The second-order valence-corrected chi connectivity index (χ2v) is 4.66. The lowest BCUT2D eigenvalue weighted by molar-refractivity contribution is -0.119. The van der Waals surface area contributed by atoms with E-state index < -0.39 is 12.2 Å². The minimum absolute atomic E-state index is 0.0260. The standard InChI is InChI=1S/C11H15NO4S/c1-6(13)10-3-8(5-17-10)11(16)9(15)4-12-7(2)14/h3,5,9,11,15-16H,4H2,1-2H3,(H,12,14). The van der Waals surface area contributed by atoms with E-state index >= 15 is 0 Å². The van der Waals surface area contributed by atoms with Crippen LogP contribution in [-0.2, 0) is 4.79 Å². The van der Waals surface area contributed by atoms with E-state index in [1.54, 1.807) is 11.4 Å². The average Bonchev–Trinajstić information content (AvgIpc) is 2.73. The van der Waals surface area contributed by atoms with Gasteiger partial charge in [0.05, 0.1) is 4.88 Å². The van der Waals surface area contributed by atoms with Crippen LogP contribution in [0.3, 0.4) is 0 Å². The molecule has 0 bridgehead atoms. The van der Waals surface area contributed by atoms with Crippen molar-refractivity contribution in [2.75, 3.05) is 6.54 Å². The smallest absolute Gasteiger partial charge is 0.216 e. The summed E-state index contributed by atoms with van der Waals surface area (Å²) in [5.41, 5.74) is 0.484. The summed E-state index contributed by atoms with van der Waals surface area (Å²) in [7, 11) is 0. The van der Waals surface area contributed by atoms with Crippen LogP contribution < -0.4 is 5.32 Å². The molecule has 1 amide bonds. The molecule has 0 aliphatic heterocycles. The predicted octanol–water partition coefficient (Wildman–Crippen LogP) is 0.481. The van der Waals surface area contributed by atoms with Gasteiger partial charge in [-0.15, -0.1) is 11.3 Å². The van der Waals surface area contributed by atoms with Gasteiger partial charge in [0.1, 0.15) is 12.2 Å². The zero-order valence-electron chi connectivity index (χ0n) is 9.64. The largest absolute Gasteiger partial charge is 0.388 e. The maximum Gasteiger partial charge on any atom is 0.216 e. The molecule has 0 spiro atoms. The molecule has 0 saturated carbocycles. The Labute approximate surface area is 103 Å². The van der Waals surface area contributed by atoms with Crippen molar-refractivity contribution in [2.24, 2.45) is 0 Å². The molecule has 0 radical (unpaired) electrons. The number of hydrogen-bond acceptors (Lipinski definition) is 5. The number of Topliss-reactive ketones (excluding diaryl/α,β-unsaturated/α-hetero) is 1. The summed E-state index contributed by atoms with van der Waals surface area (Å²) < 4.78 is 0. The molecule has 0 aromatic carbocycles. The van der Waals surface area contributed by atoms with Crippen LogP contribution in [0.4, 0.5) is 0 Å². The Balaban J connectivity index is 2.64. The summed E-state index contributed by atoms with van der Waals surface area (Å²) in [5.74, 6) is -0.351. The lowest BCUT2D eigenvalue weighted by Gasteiger charge is -2.16. The van der Waals surface area contributed by atoms with E-state index in [0.717, 1.165) is 0 Å². The Hall–Kier alpha value is -1.24. The fourth-order valence-corrected chi connectivity index (χ4v) is 2.11. The number of carbonyl (C=O) groups excluding carboxylic acids is 2. The first-order valence-electron chi connectivity index (χ1n) is 5.11. The van der Waals surface area contributed by atoms with Gasteiger partial charge >= 0.3 is 0 Å². The minimum Gasteiger partial charge on any atom is -0.388 e. The summed E-state index contributed by atoms with van der Waals surface area (Å²) >= 11 is 1.22. The number of aliphatic hydroxyl groups is 2. The summed E-state index contributed by atoms with van der Waals surface area (Å²) in [6.45, 7) is 2.75. The zero-order valence-corrected chi connectivity index (χ0v) is 10.5. The molecule has 2 atom stereocenters. The minimum atomic E-state index is -1.11. The van der Waals surface area contributed by atoms with Crippen LogP contribution in [0.5, 0.6) is 0 Å². The van der Waals surface area contributed by atoms with Crippen molar-refractivity contribution in [3.05, 3.63) is 21.9 Å². The zero-order chi connectivity index (χ0) is 13.0. The van der Waals surface area contributed by atoms with Crippen molar-refractivity contribution < 1.29 is 19.8 Å². The number of thiophene rings is 1. The van der Waals surface area contributed by atoms with Gasteiger partial charge in [-0.05, 0) is 23.9 Å². The van der Waals surface area contributed by atoms with Crippen molar-refractivity contribution in [2.45, 2.75) is 26.1 Å². The maximum absolute atomic E-state index is 11.1. The SMILES string of the molecule is CC(=O)NCC(O)C(O)c1csc(C(C)=O)c1. The maximum atomic E-state index is 11.1. The van der Waals surface area contributed by atoms with E-state index in [1.807, 2.05) is 0 Å². The van der Waals surface area contributed by atoms with Gasteiger partial charge in [-0.2, -0.15) is 0 Å². The molecule has 0 fully saturated rings. The molecule has 1 heterocycles. The fourth-order valence-electron chi connectivity index (χ4n) is 1.27. The first-order valence-corrected chi connectivity index (χ1v) is 5.99. The van der Waals surface area contributed by atoms with Gasteiger partial charge in [-0.3, -0.25) is 9.59 Å². The summed E-state index contributed by atoms with van der Waals surface area (Å²) in [6.07, 6.45) is -2.19. The molecular formula is C11H15NO4S. The third-order valence-electron chi connectivity index (χ3n) is 2.23. The van der Waals surface area contributed by atoms with Crippen LogP contribution in [-0.4, -0.2) is 34.6 Å². The number of aliphatic hydroxyl groups excluding tert-OH is 2. The first-order chi connectivity index (χ1) is 7.91. The number of amides is 1. The van der Waals surface area contributed by atoms with Crippen LogP contribution in [0.1, 0.15) is 35.2 Å². The second-order valence-electron chi connectivity index (χ2n) is 3.75. The number of hydrogen-bond donors (Lipinski definition) is 3. The highest BCUT2D eigenvalue weighted by Crippen LogP contribution is 2.23. The molecule has 1 aromatic rings. The molecule has 0 aliphatic carbocycles. The molecule has 94 valence electrons. The molecule has 3 N–H and O–H groups in total.